The predicted octanol–water partition coefficient (Wildman–Crippen LogP) is 1.91. The van der Waals surface area contributed by atoms with Gasteiger partial charge >= 0.3 is 5.69 Å². The van der Waals surface area contributed by atoms with Gasteiger partial charge in [0.05, 0.1) is 5.52 Å². The van der Waals surface area contributed by atoms with E-state index in [0.717, 1.165) is 49.9 Å². The lowest BCUT2D eigenvalue weighted by Gasteiger charge is -2.34. The second kappa shape index (κ2) is 6.16. The molecule has 120 valence electrons. The van der Waals surface area contributed by atoms with E-state index in [4.69, 9.17) is 4.84 Å². The van der Waals surface area contributed by atoms with Gasteiger partial charge in [0, 0.05) is 12.6 Å². The molecule has 5 heteroatoms. The maximum absolute atomic E-state index is 12.6. The molecule has 2 heterocycles. The third-order valence-electron chi connectivity index (χ3n) is 4.56. The van der Waals surface area contributed by atoms with Gasteiger partial charge in [0.25, 0.3) is 0 Å². The van der Waals surface area contributed by atoms with Crippen molar-refractivity contribution in [2.24, 2.45) is 0 Å². The van der Waals surface area contributed by atoms with Gasteiger partial charge in [0.2, 0.25) is 0 Å². The number of para-hydroxylation sites is 1. The average Bonchev–Trinajstić information content (AvgIpc) is 2.81. The normalized spacial score (nSPS) is 17.4. The molecule has 1 aliphatic rings. The zero-order valence-corrected chi connectivity index (χ0v) is 13.7. The van der Waals surface area contributed by atoms with Crippen LogP contribution in [0.1, 0.15) is 32.3 Å². The summed E-state index contributed by atoms with van der Waals surface area (Å²) in [6.45, 7) is 7.35. The second-order valence-corrected chi connectivity index (χ2v) is 6.05. The zero-order valence-electron chi connectivity index (χ0n) is 13.7. The standard InChI is InChI=1S/C17H25N3O2/c1-4-9-18(10-5-2)14-11-13-7-6-8-15-16(13)19(12-14)17(21)20(15)22-3/h6-8,14H,4-5,9-12H2,1-3H3. The Bertz CT molecular complexity index is 710. The fourth-order valence-corrected chi connectivity index (χ4v) is 3.70. The maximum Gasteiger partial charge on any atom is 0.362 e. The summed E-state index contributed by atoms with van der Waals surface area (Å²) >= 11 is 0. The minimum atomic E-state index is -0.0670. The molecule has 1 unspecified atom stereocenters. The lowest BCUT2D eigenvalue weighted by atomic mass is 9.99. The Morgan fingerprint density at radius 2 is 2.00 bits per heavy atom. The van der Waals surface area contributed by atoms with E-state index in [-0.39, 0.29) is 5.69 Å². The first-order chi connectivity index (χ1) is 10.7. The van der Waals surface area contributed by atoms with Crippen molar-refractivity contribution in [1.29, 1.82) is 0 Å². The molecule has 0 N–H and O–H groups in total. The fraction of sp³-hybridized carbons (Fsp3) is 0.588. The smallest absolute Gasteiger partial charge is 0.362 e. The van der Waals surface area contributed by atoms with Crippen molar-refractivity contribution in [3.8, 4) is 0 Å². The maximum atomic E-state index is 12.6. The molecule has 0 spiro atoms. The van der Waals surface area contributed by atoms with Crippen LogP contribution in [0.15, 0.2) is 23.0 Å². The van der Waals surface area contributed by atoms with Gasteiger partial charge in [0.1, 0.15) is 12.6 Å². The summed E-state index contributed by atoms with van der Waals surface area (Å²) in [5, 5.41) is 0. The molecule has 1 aromatic heterocycles. The molecule has 0 bridgehead atoms. The lowest BCUT2D eigenvalue weighted by molar-refractivity contribution is 0.154. The van der Waals surface area contributed by atoms with E-state index >= 15 is 0 Å². The average molecular weight is 303 g/mol. The molecule has 1 aliphatic heterocycles. The van der Waals surface area contributed by atoms with E-state index in [1.807, 2.05) is 16.7 Å². The van der Waals surface area contributed by atoms with Crippen LogP contribution in [0.3, 0.4) is 0 Å². The van der Waals surface area contributed by atoms with Crippen LogP contribution in [-0.4, -0.2) is 40.4 Å². The van der Waals surface area contributed by atoms with Crippen molar-refractivity contribution in [2.45, 2.75) is 45.7 Å². The molecule has 5 nitrogen and oxygen atoms in total. The van der Waals surface area contributed by atoms with Crippen molar-refractivity contribution in [3.63, 3.8) is 0 Å². The number of rotatable bonds is 6. The highest BCUT2D eigenvalue weighted by molar-refractivity contribution is 5.80. The molecule has 0 aliphatic carbocycles. The molecule has 1 aromatic carbocycles. The SMILES string of the molecule is CCCN(CCC)C1Cc2cccc3c2n(c(=O)n3OC)C1. The van der Waals surface area contributed by atoms with Crippen LogP contribution in [0.5, 0.6) is 0 Å². The minimum absolute atomic E-state index is 0.0670. The van der Waals surface area contributed by atoms with Gasteiger partial charge < -0.3 is 4.84 Å². The van der Waals surface area contributed by atoms with Crippen LogP contribution < -0.4 is 10.5 Å². The van der Waals surface area contributed by atoms with Crippen LogP contribution in [0, 0.1) is 0 Å². The van der Waals surface area contributed by atoms with Gasteiger partial charge in [0.15, 0.2) is 0 Å². The van der Waals surface area contributed by atoms with E-state index in [1.165, 1.54) is 10.3 Å². The first-order valence-electron chi connectivity index (χ1n) is 8.22. The molecule has 0 saturated carbocycles. The molecule has 0 radical (unpaired) electrons. The van der Waals surface area contributed by atoms with Gasteiger partial charge in [-0.25, -0.2) is 4.79 Å². The van der Waals surface area contributed by atoms with Crippen LogP contribution >= 0.6 is 0 Å². The Morgan fingerprint density at radius 1 is 1.27 bits per heavy atom. The third-order valence-corrected chi connectivity index (χ3v) is 4.56. The highest BCUT2D eigenvalue weighted by Gasteiger charge is 2.28. The topological polar surface area (TPSA) is 39.4 Å². The molecule has 0 saturated heterocycles. The molecule has 22 heavy (non-hydrogen) atoms. The Hall–Kier alpha value is -1.75. The summed E-state index contributed by atoms with van der Waals surface area (Å²) < 4.78 is 3.30. The number of nitrogens with zero attached hydrogens (tertiary/aromatic N) is 3. The van der Waals surface area contributed by atoms with E-state index < -0.39 is 0 Å². The molecule has 0 amide bonds. The molecule has 0 fully saturated rings. The number of aromatic nitrogens is 2. The summed E-state index contributed by atoms with van der Waals surface area (Å²) in [6, 6.07) is 6.50. The summed E-state index contributed by atoms with van der Waals surface area (Å²) in [5.74, 6) is 0. The highest BCUT2D eigenvalue weighted by Crippen LogP contribution is 2.26. The van der Waals surface area contributed by atoms with Gasteiger partial charge in [-0.1, -0.05) is 26.0 Å². The second-order valence-electron chi connectivity index (χ2n) is 6.05. The zero-order chi connectivity index (χ0) is 15.7. The Labute approximate surface area is 131 Å². The van der Waals surface area contributed by atoms with Gasteiger partial charge in [-0.2, -0.15) is 0 Å². The van der Waals surface area contributed by atoms with Crippen LogP contribution in [-0.2, 0) is 13.0 Å². The molecule has 3 rings (SSSR count). The summed E-state index contributed by atoms with van der Waals surface area (Å²) in [6.07, 6.45) is 3.29. The molecule has 1 atom stereocenters. The van der Waals surface area contributed by atoms with Gasteiger partial charge in [-0.15, -0.1) is 4.73 Å². The fourth-order valence-electron chi connectivity index (χ4n) is 3.70. The minimum Gasteiger partial charge on any atom is -0.412 e. The monoisotopic (exact) mass is 303 g/mol. The molecular formula is C17H25N3O2. The van der Waals surface area contributed by atoms with E-state index in [1.54, 1.807) is 7.11 Å². The van der Waals surface area contributed by atoms with Crippen LogP contribution in [0.2, 0.25) is 0 Å². The number of benzene rings is 1. The van der Waals surface area contributed by atoms with Gasteiger partial charge in [-0.05, 0) is 44.0 Å². The van der Waals surface area contributed by atoms with E-state index in [2.05, 4.69) is 24.8 Å². The van der Waals surface area contributed by atoms with Gasteiger partial charge in [-0.3, -0.25) is 9.47 Å². The Kier molecular flexibility index (Phi) is 4.25. The third kappa shape index (κ3) is 2.33. The summed E-state index contributed by atoms with van der Waals surface area (Å²) in [7, 11) is 1.55. The largest absolute Gasteiger partial charge is 0.412 e. The molecular weight excluding hydrogens is 278 g/mol. The van der Waals surface area contributed by atoms with E-state index in [0.29, 0.717) is 6.04 Å². The van der Waals surface area contributed by atoms with Crippen molar-refractivity contribution < 1.29 is 4.84 Å². The molecule has 2 aromatic rings. The van der Waals surface area contributed by atoms with Crippen molar-refractivity contribution in [2.75, 3.05) is 20.2 Å². The number of hydrogen-bond acceptors (Lipinski definition) is 3. The predicted molar refractivity (Wildman–Crippen MR) is 88.3 cm³/mol. The van der Waals surface area contributed by atoms with Crippen LogP contribution in [0.4, 0.5) is 0 Å². The Morgan fingerprint density at radius 3 is 2.64 bits per heavy atom. The first kappa shape index (κ1) is 15.2. The van der Waals surface area contributed by atoms with Crippen molar-refractivity contribution in [1.82, 2.24) is 14.2 Å². The van der Waals surface area contributed by atoms with Crippen molar-refractivity contribution >= 4 is 11.0 Å². The first-order valence-corrected chi connectivity index (χ1v) is 8.22. The summed E-state index contributed by atoms with van der Waals surface area (Å²) in [4.78, 5) is 20.4. The quantitative estimate of drug-likeness (QED) is 0.818. The highest BCUT2D eigenvalue weighted by atomic mass is 16.7. The lowest BCUT2D eigenvalue weighted by Crippen LogP contribution is -2.44. The number of imidazole rings is 1. The number of hydrogen-bond donors (Lipinski definition) is 0. The summed E-state index contributed by atoms with van der Waals surface area (Å²) in [5.41, 5.74) is 3.10. The Balaban J connectivity index is 2.04. The van der Waals surface area contributed by atoms with Crippen LogP contribution in [0.25, 0.3) is 11.0 Å². The van der Waals surface area contributed by atoms with Crippen molar-refractivity contribution in [3.05, 3.63) is 34.2 Å². The van der Waals surface area contributed by atoms with E-state index in [9.17, 15) is 4.79 Å².